The first kappa shape index (κ1) is 15.8. The topological polar surface area (TPSA) is 78.0 Å². The second-order valence-electron chi connectivity index (χ2n) is 3.45. The number of carbonyl (C=O) groups is 1. The van der Waals surface area contributed by atoms with Gasteiger partial charge in [0.15, 0.2) is 6.61 Å². The predicted octanol–water partition coefficient (Wildman–Crippen LogP) is -2.13. The summed E-state index contributed by atoms with van der Waals surface area (Å²) in [5, 5.41) is 10.8. The van der Waals surface area contributed by atoms with Crippen LogP contribution in [0.2, 0.25) is 0 Å². The van der Waals surface area contributed by atoms with Crippen LogP contribution >= 0.6 is 0 Å². The number of nitrogens with one attached hydrogen (secondary N) is 1. The number of carbonyl (C=O) groups excluding carboxylic acids is 1. The van der Waals surface area contributed by atoms with Crippen molar-refractivity contribution in [2.24, 2.45) is 0 Å². The van der Waals surface area contributed by atoms with Crippen LogP contribution < -0.4 is 39.4 Å². The Morgan fingerprint density at radius 3 is 2.74 bits per heavy atom. The molecule has 0 fully saturated rings. The molecule has 0 amide bonds. The van der Waals surface area contributed by atoms with Crippen molar-refractivity contribution in [1.29, 1.82) is 0 Å². The van der Waals surface area contributed by atoms with Gasteiger partial charge in [0.05, 0.1) is 22.6 Å². The van der Waals surface area contributed by atoms with E-state index in [0.717, 1.165) is 6.07 Å². The summed E-state index contributed by atoms with van der Waals surface area (Å²) in [4.78, 5) is 16.7. The molecule has 0 bridgehead atoms. The Labute approximate surface area is 127 Å². The Kier molecular flexibility index (Phi) is 4.83. The van der Waals surface area contributed by atoms with Crippen molar-refractivity contribution >= 4 is 16.9 Å². The van der Waals surface area contributed by atoms with Crippen LogP contribution in [0.5, 0.6) is 5.88 Å². The van der Waals surface area contributed by atoms with Crippen LogP contribution in [-0.4, -0.2) is 28.7 Å². The Morgan fingerprint density at radius 2 is 2.16 bits per heavy atom. The maximum Gasteiger partial charge on any atom is 1.00 e. The average molecular weight is 282 g/mol. The minimum Gasteiger partial charge on any atom is -0.543 e. The zero-order valence-electron chi connectivity index (χ0n) is 9.75. The molecule has 96 valence electrons. The van der Waals surface area contributed by atoms with E-state index in [-0.39, 0.29) is 46.5 Å². The molecular weight excluding hydrogens is 276 g/mol. The first-order valence-electron chi connectivity index (χ1n) is 4.75. The van der Waals surface area contributed by atoms with E-state index in [2.05, 4.69) is 14.7 Å². The summed E-state index contributed by atoms with van der Waals surface area (Å²) in [6, 6.07) is 2.53. The molecule has 9 heteroatoms. The molecule has 19 heavy (non-hydrogen) atoms. The van der Waals surface area contributed by atoms with Crippen LogP contribution in [-0.2, 0) is 0 Å². The molecule has 0 unspecified atom stereocenters. The minimum atomic E-state index is -4.49. The number of alkyl halides is 3. The van der Waals surface area contributed by atoms with Crippen LogP contribution in [0, 0.1) is 0 Å². The number of hydrogen-bond acceptors (Lipinski definition) is 4. The number of carboxylic acids is 1. The average Bonchev–Trinajstić information content (AvgIpc) is 2.69. The number of aromatic amines is 1. The summed E-state index contributed by atoms with van der Waals surface area (Å²) in [5.41, 5.74) is 0.0521. The van der Waals surface area contributed by atoms with Crippen molar-refractivity contribution in [3.8, 4) is 5.88 Å². The van der Waals surface area contributed by atoms with Gasteiger partial charge in [0.1, 0.15) is 0 Å². The second kappa shape index (κ2) is 5.81. The van der Waals surface area contributed by atoms with Crippen molar-refractivity contribution in [2.75, 3.05) is 6.61 Å². The SMILES string of the molecule is O=C([O-])c1cc2c(OCC(F)(F)F)nccc2[nH]1.[Na+]. The number of H-pyrrole nitrogens is 1. The summed E-state index contributed by atoms with van der Waals surface area (Å²) in [6.45, 7) is -1.50. The molecule has 0 atom stereocenters. The molecule has 0 saturated carbocycles. The van der Waals surface area contributed by atoms with Crippen LogP contribution in [0.1, 0.15) is 10.5 Å². The molecule has 2 heterocycles. The second-order valence-corrected chi connectivity index (χ2v) is 3.45. The molecule has 0 aromatic carbocycles. The minimum absolute atomic E-state index is 0. The summed E-state index contributed by atoms with van der Waals surface area (Å²) >= 11 is 0. The monoisotopic (exact) mass is 282 g/mol. The third kappa shape index (κ3) is 3.85. The Morgan fingerprint density at radius 1 is 1.47 bits per heavy atom. The van der Waals surface area contributed by atoms with Crippen molar-refractivity contribution < 1.29 is 57.4 Å². The summed E-state index contributed by atoms with van der Waals surface area (Å²) < 4.78 is 40.5. The van der Waals surface area contributed by atoms with Crippen molar-refractivity contribution in [3.63, 3.8) is 0 Å². The summed E-state index contributed by atoms with van der Waals surface area (Å²) in [7, 11) is 0. The quantitative estimate of drug-likeness (QED) is 0.652. The standard InChI is InChI=1S/C10H7F3N2O3.Na/c11-10(12,13)4-18-8-5-3-7(9(16)17)15-6(5)1-2-14-8;/h1-3,15H,4H2,(H,16,17);/q;+1/p-1. The van der Waals surface area contributed by atoms with E-state index in [1.807, 2.05) is 0 Å². The van der Waals surface area contributed by atoms with Gasteiger partial charge in [-0.3, -0.25) is 0 Å². The van der Waals surface area contributed by atoms with Gasteiger partial charge in [0.25, 0.3) is 0 Å². The van der Waals surface area contributed by atoms with E-state index < -0.39 is 18.8 Å². The van der Waals surface area contributed by atoms with Gasteiger partial charge in [-0.2, -0.15) is 13.2 Å². The number of aromatic nitrogens is 2. The Hall–Kier alpha value is -1.25. The molecule has 0 saturated heterocycles. The van der Waals surface area contributed by atoms with E-state index in [1.165, 1.54) is 12.3 Å². The van der Waals surface area contributed by atoms with Gasteiger partial charge in [0.2, 0.25) is 5.88 Å². The van der Waals surface area contributed by atoms with E-state index in [9.17, 15) is 23.1 Å². The van der Waals surface area contributed by atoms with Crippen LogP contribution in [0.4, 0.5) is 13.2 Å². The smallest absolute Gasteiger partial charge is 0.543 e. The van der Waals surface area contributed by atoms with Gasteiger partial charge in [-0.05, 0) is 12.1 Å². The molecule has 5 nitrogen and oxygen atoms in total. The molecule has 0 aliphatic rings. The van der Waals surface area contributed by atoms with Crippen LogP contribution in [0.3, 0.4) is 0 Å². The third-order valence-electron chi connectivity index (χ3n) is 2.10. The number of halogens is 3. The van der Waals surface area contributed by atoms with E-state index in [4.69, 9.17) is 0 Å². The largest absolute Gasteiger partial charge is 1.00 e. The fourth-order valence-electron chi connectivity index (χ4n) is 1.40. The fourth-order valence-corrected chi connectivity index (χ4v) is 1.40. The van der Waals surface area contributed by atoms with Crippen molar-refractivity contribution in [1.82, 2.24) is 9.97 Å². The predicted molar refractivity (Wildman–Crippen MR) is 52.0 cm³/mol. The summed E-state index contributed by atoms with van der Waals surface area (Å²) in [6.07, 6.45) is -3.28. The first-order valence-corrected chi connectivity index (χ1v) is 4.75. The number of fused-ring (bicyclic) bond motifs is 1. The molecule has 2 aromatic heterocycles. The number of carboxylic acid groups (broad SMARTS) is 1. The van der Waals surface area contributed by atoms with Crippen LogP contribution in [0.25, 0.3) is 10.9 Å². The fraction of sp³-hybridized carbons (Fsp3) is 0.200. The number of pyridine rings is 1. The van der Waals surface area contributed by atoms with Gasteiger partial charge < -0.3 is 19.6 Å². The molecule has 0 radical (unpaired) electrons. The van der Waals surface area contributed by atoms with Gasteiger partial charge in [-0.15, -0.1) is 0 Å². The Balaban J connectivity index is 0.00000180. The summed E-state index contributed by atoms with van der Waals surface area (Å²) in [5.74, 6) is -1.75. The van der Waals surface area contributed by atoms with Gasteiger partial charge >= 0.3 is 35.7 Å². The van der Waals surface area contributed by atoms with Crippen molar-refractivity contribution in [2.45, 2.75) is 6.18 Å². The molecule has 2 aromatic rings. The zero-order valence-corrected chi connectivity index (χ0v) is 11.7. The first-order chi connectivity index (χ1) is 8.37. The Bertz CT molecular complexity index is 597. The molecule has 2 rings (SSSR count). The molecule has 1 N–H and O–H groups in total. The molecule has 0 spiro atoms. The van der Waals surface area contributed by atoms with Gasteiger partial charge in [-0.25, -0.2) is 4.98 Å². The maximum atomic E-state index is 12.0. The molecular formula is C10H6F3N2NaO3. The zero-order chi connectivity index (χ0) is 13.3. The van der Waals surface area contributed by atoms with E-state index in [0.29, 0.717) is 5.52 Å². The van der Waals surface area contributed by atoms with Gasteiger partial charge in [-0.1, -0.05) is 0 Å². The van der Waals surface area contributed by atoms with E-state index >= 15 is 0 Å². The number of hydrogen-bond donors (Lipinski definition) is 1. The number of nitrogens with zero attached hydrogens (tertiary/aromatic N) is 1. The van der Waals surface area contributed by atoms with Gasteiger partial charge in [0, 0.05) is 6.20 Å². The van der Waals surface area contributed by atoms with E-state index in [1.54, 1.807) is 0 Å². The molecule has 0 aliphatic carbocycles. The van der Waals surface area contributed by atoms with Crippen LogP contribution in [0.15, 0.2) is 18.3 Å². The third-order valence-corrected chi connectivity index (χ3v) is 2.10. The maximum absolute atomic E-state index is 12.0. The molecule has 0 aliphatic heterocycles. The number of aromatic carboxylic acids is 1. The number of rotatable bonds is 3. The van der Waals surface area contributed by atoms with Crippen molar-refractivity contribution in [3.05, 3.63) is 24.0 Å². The number of ether oxygens (including phenoxy) is 1. The normalized spacial score (nSPS) is 11.1.